The van der Waals surface area contributed by atoms with Crippen LogP contribution in [-0.4, -0.2) is 22.5 Å². The van der Waals surface area contributed by atoms with Crippen molar-refractivity contribution in [3.05, 3.63) is 29.8 Å². The van der Waals surface area contributed by atoms with E-state index in [2.05, 4.69) is 10.6 Å². The SMILES string of the molecule is CC(=S)NC[C@]1(O)C(=O)Nc2ccccc21. The molecule has 3 N–H and O–H groups in total. The molecule has 1 heterocycles. The fourth-order valence-electron chi connectivity index (χ4n) is 1.73. The number of anilines is 1. The molecule has 1 aliphatic heterocycles. The van der Waals surface area contributed by atoms with Crippen molar-refractivity contribution >= 4 is 28.8 Å². The van der Waals surface area contributed by atoms with Crippen molar-refractivity contribution in [2.45, 2.75) is 12.5 Å². The van der Waals surface area contributed by atoms with Crippen LogP contribution in [0.5, 0.6) is 0 Å². The van der Waals surface area contributed by atoms with Crippen LogP contribution in [-0.2, 0) is 10.4 Å². The van der Waals surface area contributed by atoms with Gasteiger partial charge in [-0.05, 0) is 13.0 Å². The first kappa shape index (κ1) is 11.0. The monoisotopic (exact) mass is 236 g/mol. The highest BCUT2D eigenvalue weighted by Crippen LogP contribution is 2.34. The second kappa shape index (κ2) is 3.84. The maximum Gasteiger partial charge on any atom is 0.262 e. The van der Waals surface area contributed by atoms with Crippen molar-refractivity contribution in [2.24, 2.45) is 0 Å². The van der Waals surface area contributed by atoms with Crippen LogP contribution in [0.25, 0.3) is 0 Å². The van der Waals surface area contributed by atoms with Crippen LogP contribution in [0, 0.1) is 0 Å². The van der Waals surface area contributed by atoms with Gasteiger partial charge in [0.15, 0.2) is 5.60 Å². The predicted octanol–water partition coefficient (Wildman–Crippen LogP) is 0.763. The lowest BCUT2D eigenvalue weighted by atomic mass is 9.95. The first-order chi connectivity index (χ1) is 7.54. The lowest BCUT2D eigenvalue weighted by Crippen LogP contribution is -2.44. The summed E-state index contributed by atoms with van der Waals surface area (Å²) in [4.78, 5) is 12.3. The summed E-state index contributed by atoms with van der Waals surface area (Å²) in [6, 6.07) is 7.08. The molecule has 0 spiro atoms. The van der Waals surface area contributed by atoms with Gasteiger partial charge in [-0.3, -0.25) is 4.79 Å². The molecule has 1 aromatic carbocycles. The zero-order valence-corrected chi connectivity index (χ0v) is 9.60. The van der Waals surface area contributed by atoms with Crippen molar-refractivity contribution < 1.29 is 9.90 Å². The Bertz CT molecular complexity index is 461. The molecular weight excluding hydrogens is 224 g/mol. The predicted molar refractivity (Wildman–Crippen MR) is 65.2 cm³/mol. The van der Waals surface area contributed by atoms with Gasteiger partial charge in [-0.15, -0.1) is 0 Å². The number of para-hydroxylation sites is 1. The van der Waals surface area contributed by atoms with Crippen LogP contribution in [0.1, 0.15) is 12.5 Å². The number of nitrogens with one attached hydrogen (secondary N) is 2. The fourth-order valence-corrected chi connectivity index (χ4v) is 1.80. The molecule has 1 atom stereocenters. The molecule has 1 amide bonds. The first-order valence-corrected chi connectivity index (χ1v) is 5.32. The number of hydrogen-bond acceptors (Lipinski definition) is 3. The molecule has 16 heavy (non-hydrogen) atoms. The Morgan fingerprint density at radius 3 is 2.94 bits per heavy atom. The van der Waals surface area contributed by atoms with E-state index in [1.165, 1.54) is 0 Å². The van der Waals surface area contributed by atoms with Crippen LogP contribution < -0.4 is 10.6 Å². The normalized spacial score (nSPS) is 22.5. The summed E-state index contributed by atoms with van der Waals surface area (Å²) in [6.07, 6.45) is 0. The van der Waals surface area contributed by atoms with Gasteiger partial charge in [-0.25, -0.2) is 0 Å². The molecule has 0 fully saturated rings. The lowest BCUT2D eigenvalue weighted by molar-refractivity contribution is -0.132. The Morgan fingerprint density at radius 2 is 2.25 bits per heavy atom. The molecule has 4 nitrogen and oxygen atoms in total. The minimum atomic E-state index is -1.53. The van der Waals surface area contributed by atoms with Gasteiger partial charge in [0, 0.05) is 11.3 Å². The topological polar surface area (TPSA) is 61.4 Å². The van der Waals surface area contributed by atoms with Gasteiger partial charge in [-0.2, -0.15) is 0 Å². The van der Waals surface area contributed by atoms with E-state index in [0.717, 1.165) is 0 Å². The maximum atomic E-state index is 11.7. The number of fused-ring (bicyclic) bond motifs is 1. The summed E-state index contributed by atoms with van der Waals surface area (Å²) >= 11 is 4.86. The number of benzene rings is 1. The number of rotatable bonds is 2. The van der Waals surface area contributed by atoms with Gasteiger partial charge in [0.1, 0.15) is 0 Å². The minimum absolute atomic E-state index is 0.0885. The quantitative estimate of drug-likeness (QED) is 0.664. The third-order valence-electron chi connectivity index (χ3n) is 2.59. The van der Waals surface area contributed by atoms with E-state index >= 15 is 0 Å². The average Bonchev–Trinajstić information content (AvgIpc) is 2.50. The largest absolute Gasteiger partial charge is 0.376 e. The Morgan fingerprint density at radius 1 is 1.56 bits per heavy atom. The Kier molecular flexibility index (Phi) is 2.65. The van der Waals surface area contributed by atoms with Crippen LogP contribution in [0.2, 0.25) is 0 Å². The average molecular weight is 236 g/mol. The van der Waals surface area contributed by atoms with Crippen LogP contribution in [0.4, 0.5) is 5.69 Å². The van der Waals surface area contributed by atoms with Crippen molar-refractivity contribution in [3.8, 4) is 0 Å². The third kappa shape index (κ3) is 1.68. The van der Waals surface area contributed by atoms with Gasteiger partial charge in [0.05, 0.1) is 11.5 Å². The zero-order chi connectivity index (χ0) is 11.8. The molecule has 0 aliphatic carbocycles. The lowest BCUT2D eigenvalue weighted by Gasteiger charge is -2.21. The Hall–Kier alpha value is -1.46. The first-order valence-electron chi connectivity index (χ1n) is 4.92. The van der Waals surface area contributed by atoms with Crippen LogP contribution in [0.3, 0.4) is 0 Å². The van der Waals surface area contributed by atoms with Gasteiger partial charge < -0.3 is 15.7 Å². The summed E-state index contributed by atoms with van der Waals surface area (Å²) in [6.45, 7) is 1.79. The smallest absolute Gasteiger partial charge is 0.262 e. The highest BCUT2D eigenvalue weighted by Gasteiger charge is 2.44. The Balaban J connectivity index is 2.33. The van der Waals surface area contributed by atoms with E-state index in [9.17, 15) is 9.90 Å². The van der Waals surface area contributed by atoms with Gasteiger partial charge in [0.25, 0.3) is 5.91 Å². The van der Waals surface area contributed by atoms with Gasteiger partial charge in [0.2, 0.25) is 0 Å². The maximum absolute atomic E-state index is 11.7. The van der Waals surface area contributed by atoms with E-state index in [0.29, 0.717) is 16.2 Å². The molecule has 0 saturated carbocycles. The third-order valence-corrected chi connectivity index (χ3v) is 2.73. The molecule has 0 bridgehead atoms. The fraction of sp³-hybridized carbons (Fsp3) is 0.273. The number of carbonyl (C=O) groups is 1. The molecule has 0 unspecified atom stereocenters. The summed E-state index contributed by atoms with van der Waals surface area (Å²) in [7, 11) is 0. The number of thiocarbonyl (C=S) groups is 1. The van der Waals surface area contributed by atoms with E-state index < -0.39 is 11.5 Å². The summed E-state index contributed by atoms with van der Waals surface area (Å²) in [5.74, 6) is -0.419. The number of hydrogen-bond donors (Lipinski definition) is 3. The van der Waals surface area contributed by atoms with E-state index in [1.54, 1.807) is 25.1 Å². The molecule has 2 rings (SSSR count). The molecule has 0 radical (unpaired) electrons. The molecule has 1 aromatic rings. The molecule has 1 aliphatic rings. The van der Waals surface area contributed by atoms with Crippen LogP contribution >= 0.6 is 12.2 Å². The van der Waals surface area contributed by atoms with Crippen molar-refractivity contribution in [1.29, 1.82) is 0 Å². The summed E-state index contributed by atoms with van der Waals surface area (Å²) < 4.78 is 0. The molecule has 84 valence electrons. The standard InChI is InChI=1S/C11H12N2O2S/c1-7(16)12-6-11(15)8-4-2-3-5-9(8)13-10(11)14/h2-5,15H,6H2,1H3,(H,12,16)(H,13,14)/t11-/m1/s1. The second-order valence-electron chi connectivity index (χ2n) is 3.77. The summed E-state index contributed by atoms with van der Waals surface area (Å²) in [5, 5.41) is 15.8. The number of aliphatic hydroxyl groups is 1. The van der Waals surface area contributed by atoms with E-state index in [1.807, 2.05) is 6.07 Å². The van der Waals surface area contributed by atoms with Crippen molar-refractivity contribution in [1.82, 2.24) is 5.32 Å². The second-order valence-corrected chi connectivity index (χ2v) is 4.38. The molecule has 0 aromatic heterocycles. The van der Waals surface area contributed by atoms with Crippen LogP contribution in [0.15, 0.2) is 24.3 Å². The zero-order valence-electron chi connectivity index (χ0n) is 8.78. The minimum Gasteiger partial charge on any atom is -0.376 e. The highest BCUT2D eigenvalue weighted by molar-refractivity contribution is 7.80. The Labute approximate surface area is 98.7 Å². The number of carbonyl (C=O) groups excluding carboxylic acids is 1. The van der Waals surface area contributed by atoms with Gasteiger partial charge >= 0.3 is 0 Å². The van der Waals surface area contributed by atoms with E-state index in [4.69, 9.17) is 12.2 Å². The molecule has 5 heteroatoms. The highest BCUT2D eigenvalue weighted by atomic mass is 32.1. The summed E-state index contributed by atoms with van der Waals surface area (Å²) in [5.41, 5.74) is -0.293. The van der Waals surface area contributed by atoms with Gasteiger partial charge in [-0.1, -0.05) is 30.4 Å². The van der Waals surface area contributed by atoms with Crippen molar-refractivity contribution in [3.63, 3.8) is 0 Å². The molecular formula is C11H12N2O2S. The number of amides is 1. The molecule has 0 saturated heterocycles. The van der Waals surface area contributed by atoms with E-state index in [-0.39, 0.29) is 6.54 Å². The van der Waals surface area contributed by atoms with Crippen molar-refractivity contribution in [2.75, 3.05) is 11.9 Å².